The number of hydrogen-bond acceptors (Lipinski definition) is 7. The minimum atomic E-state index is -0.382. The van der Waals surface area contributed by atoms with Crippen molar-refractivity contribution in [2.75, 3.05) is 33.5 Å². The zero-order valence-electron chi connectivity index (χ0n) is 18.5. The van der Waals surface area contributed by atoms with E-state index in [0.29, 0.717) is 45.2 Å². The molecule has 1 aliphatic heterocycles. The van der Waals surface area contributed by atoms with Gasteiger partial charge in [0, 0.05) is 25.1 Å². The van der Waals surface area contributed by atoms with Crippen LogP contribution in [0.25, 0.3) is 11.5 Å². The fourth-order valence-electron chi connectivity index (χ4n) is 3.78. The Hall–Kier alpha value is -3.16. The highest BCUT2D eigenvalue weighted by Crippen LogP contribution is 2.22. The molecule has 4 rings (SSSR count). The zero-order chi connectivity index (χ0) is 22.3. The summed E-state index contributed by atoms with van der Waals surface area (Å²) < 4.78 is 22.2. The lowest BCUT2D eigenvalue weighted by molar-refractivity contribution is -0.153. The third-order valence-corrected chi connectivity index (χ3v) is 5.52. The van der Waals surface area contributed by atoms with Gasteiger partial charge in [-0.3, -0.25) is 9.69 Å². The average molecular weight is 437 g/mol. The lowest BCUT2D eigenvalue weighted by atomic mass is 10.1. The third kappa shape index (κ3) is 5.36. The van der Waals surface area contributed by atoms with E-state index in [1.807, 2.05) is 61.5 Å². The molecule has 7 nitrogen and oxygen atoms in total. The molecule has 0 N–H and O–H groups in total. The Balaban J connectivity index is 1.35. The number of nitrogens with zero attached hydrogens (tertiary/aromatic N) is 2. The van der Waals surface area contributed by atoms with Gasteiger partial charge < -0.3 is 18.6 Å². The molecule has 0 aliphatic carbocycles. The van der Waals surface area contributed by atoms with Crippen LogP contribution in [-0.2, 0) is 27.2 Å². The fraction of sp³-hybridized carbons (Fsp3) is 0.360. The summed E-state index contributed by atoms with van der Waals surface area (Å²) in [6.45, 7) is 4.68. The van der Waals surface area contributed by atoms with Crippen molar-refractivity contribution in [2.24, 2.45) is 0 Å². The number of methoxy groups -OCH3 is 1. The topological polar surface area (TPSA) is 74.0 Å². The molecule has 1 aliphatic rings. The predicted molar refractivity (Wildman–Crippen MR) is 119 cm³/mol. The van der Waals surface area contributed by atoms with E-state index in [-0.39, 0.29) is 12.0 Å². The van der Waals surface area contributed by atoms with Gasteiger partial charge in [-0.05, 0) is 36.8 Å². The number of aromatic nitrogens is 1. The zero-order valence-corrected chi connectivity index (χ0v) is 18.5. The number of morpholine rings is 1. The number of oxazole rings is 1. The van der Waals surface area contributed by atoms with Crippen molar-refractivity contribution in [2.45, 2.75) is 25.9 Å². The first-order valence-corrected chi connectivity index (χ1v) is 10.8. The van der Waals surface area contributed by atoms with Crippen molar-refractivity contribution in [1.29, 1.82) is 0 Å². The molecule has 0 unspecified atom stereocenters. The Labute approximate surface area is 187 Å². The van der Waals surface area contributed by atoms with E-state index in [9.17, 15) is 4.79 Å². The highest BCUT2D eigenvalue weighted by molar-refractivity contribution is 5.75. The van der Waals surface area contributed by atoms with Crippen LogP contribution in [0.5, 0.6) is 5.75 Å². The fourth-order valence-corrected chi connectivity index (χ4v) is 3.78. The molecule has 0 spiro atoms. The van der Waals surface area contributed by atoms with Crippen molar-refractivity contribution < 1.29 is 23.4 Å². The second-order valence-electron chi connectivity index (χ2n) is 7.72. The third-order valence-electron chi connectivity index (χ3n) is 5.52. The van der Waals surface area contributed by atoms with Gasteiger partial charge in [0.05, 0.1) is 32.6 Å². The summed E-state index contributed by atoms with van der Waals surface area (Å²) in [5, 5.41) is 0. The molecule has 2 aromatic carbocycles. The van der Waals surface area contributed by atoms with Gasteiger partial charge in [0.2, 0.25) is 5.89 Å². The highest BCUT2D eigenvalue weighted by Gasteiger charge is 2.30. The molecule has 7 heteroatoms. The molecule has 168 valence electrons. The van der Waals surface area contributed by atoms with E-state index in [2.05, 4.69) is 9.88 Å². The summed E-state index contributed by atoms with van der Waals surface area (Å²) >= 11 is 0. The van der Waals surface area contributed by atoms with E-state index in [1.54, 1.807) is 0 Å². The number of hydrogen-bond donors (Lipinski definition) is 0. The standard InChI is InChI=1S/C25H28N2O5/c1-18-22(26-24(32-18)20-8-4-3-5-9-20)11-13-31-21-10-6-7-19(15-21)16-27-12-14-30-17-23(27)25(28)29-2/h3-10,15,23H,11-14,16-17H2,1-2H3/t23-/m0/s1. The molecule has 1 fully saturated rings. The Kier molecular flexibility index (Phi) is 7.19. The molecule has 2 heterocycles. The Morgan fingerprint density at radius 1 is 1.19 bits per heavy atom. The Morgan fingerprint density at radius 3 is 2.84 bits per heavy atom. The molecule has 1 aromatic heterocycles. The summed E-state index contributed by atoms with van der Waals surface area (Å²) in [5.41, 5.74) is 2.93. The number of carbonyl (C=O) groups excluding carboxylic acids is 1. The van der Waals surface area contributed by atoms with Gasteiger partial charge in [-0.15, -0.1) is 0 Å². The molecule has 1 atom stereocenters. The van der Waals surface area contributed by atoms with Gasteiger partial charge in [0.1, 0.15) is 17.6 Å². The monoisotopic (exact) mass is 436 g/mol. The maximum absolute atomic E-state index is 12.0. The van der Waals surface area contributed by atoms with Gasteiger partial charge in [0.15, 0.2) is 0 Å². The highest BCUT2D eigenvalue weighted by atomic mass is 16.5. The number of esters is 1. The predicted octanol–water partition coefficient (Wildman–Crippen LogP) is 3.65. The second kappa shape index (κ2) is 10.4. The second-order valence-corrected chi connectivity index (χ2v) is 7.72. The lowest BCUT2D eigenvalue weighted by Gasteiger charge is -2.33. The first-order valence-electron chi connectivity index (χ1n) is 10.8. The van der Waals surface area contributed by atoms with Crippen LogP contribution in [0, 0.1) is 6.92 Å². The maximum Gasteiger partial charge on any atom is 0.325 e. The average Bonchev–Trinajstić information content (AvgIpc) is 3.20. The van der Waals surface area contributed by atoms with Gasteiger partial charge in [0.25, 0.3) is 0 Å². The van der Waals surface area contributed by atoms with Gasteiger partial charge >= 0.3 is 5.97 Å². The van der Waals surface area contributed by atoms with E-state index < -0.39 is 0 Å². The summed E-state index contributed by atoms with van der Waals surface area (Å²) in [6, 6.07) is 17.4. The maximum atomic E-state index is 12.0. The Bertz CT molecular complexity index is 1030. The number of carbonyl (C=O) groups is 1. The minimum absolute atomic E-state index is 0.269. The molecule has 3 aromatic rings. The molecular weight excluding hydrogens is 408 g/mol. The van der Waals surface area contributed by atoms with Crippen LogP contribution in [0.4, 0.5) is 0 Å². The minimum Gasteiger partial charge on any atom is -0.493 e. The summed E-state index contributed by atoms with van der Waals surface area (Å²) in [4.78, 5) is 18.8. The summed E-state index contributed by atoms with van der Waals surface area (Å²) in [6.07, 6.45) is 0.653. The number of ether oxygens (including phenoxy) is 3. The molecular formula is C25H28N2O5. The molecule has 0 amide bonds. The Morgan fingerprint density at radius 2 is 2.03 bits per heavy atom. The molecule has 1 saturated heterocycles. The van der Waals surface area contributed by atoms with Crippen LogP contribution in [0.3, 0.4) is 0 Å². The smallest absolute Gasteiger partial charge is 0.325 e. The van der Waals surface area contributed by atoms with Gasteiger partial charge in [-0.2, -0.15) is 0 Å². The van der Waals surface area contributed by atoms with Crippen molar-refractivity contribution in [3.8, 4) is 17.2 Å². The van der Waals surface area contributed by atoms with Crippen molar-refractivity contribution >= 4 is 5.97 Å². The lowest BCUT2D eigenvalue weighted by Crippen LogP contribution is -2.49. The van der Waals surface area contributed by atoms with Crippen molar-refractivity contribution in [1.82, 2.24) is 9.88 Å². The van der Waals surface area contributed by atoms with E-state index >= 15 is 0 Å². The molecule has 0 bridgehead atoms. The normalized spacial score (nSPS) is 16.6. The number of benzene rings is 2. The first kappa shape index (κ1) is 22.0. The first-order chi connectivity index (χ1) is 15.6. The molecule has 0 saturated carbocycles. The van der Waals surface area contributed by atoms with Crippen LogP contribution in [0.2, 0.25) is 0 Å². The van der Waals surface area contributed by atoms with Crippen LogP contribution in [0.15, 0.2) is 59.0 Å². The summed E-state index contributed by atoms with van der Waals surface area (Å²) in [7, 11) is 1.41. The SMILES string of the molecule is COC(=O)[C@@H]1COCCN1Cc1cccc(OCCc2nc(-c3ccccc3)oc2C)c1. The van der Waals surface area contributed by atoms with Gasteiger partial charge in [-0.1, -0.05) is 30.3 Å². The molecule has 0 radical (unpaired) electrons. The van der Waals surface area contributed by atoms with Crippen LogP contribution < -0.4 is 4.74 Å². The quantitative estimate of drug-likeness (QED) is 0.499. The van der Waals surface area contributed by atoms with Gasteiger partial charge in [-0.25, -0.2) is 4.98 Å². The molecule has 32 heavy (non-hydrogen) atoms. The summed E-state index contributed by atoms with van der Waals surface area (Å²) in [5.74, 6) is 1.96. The van der Waals surface area contributed by atoms with Crippen molar-refractivity contribution in [3.05, 3.63) is 71.6 Å². The van der Waals surface area contributed by atoms with Crippen LogP contribution >= 0.6 is 0 Å². The van der Waals surface area contributed by atoms with E-state index in [1.165, 1.54) is 7.11 Å². The number of aryl methyl sites for hydroxylation is 1. The van der Waals surface area contributed by atoms with Crippen molar-refractivity contribution in [3.63, 3.8) is 0 Å². The van der Waals surface area contributed by atoms with Crippen LogP contribution in [0.1, 0.15) is 17.0 Å². The number of rotatable bonds is 8. The van der Waals surface area contributed by atoms with E-state index in [4.69, 9.17) is 18.6 Å². The largest absolute Gasteiger partial charge is 0.493 e. The van der Waals surface area contributed by atoms with E-state index in [0.717, 1.165) is 28.3 Å². The van der Waals surface area contributed by atoms with Crippen LogP contribution in [-0.4, -0.2) is 55.4 Å².